The van der Waals surface area contributed by atoms with Gasteiger partial charge in [-0.3, -0.25) is 4.79 Å². The first-order chi connectivity index (χ1) is 5.22. The summed E-state index contributed by atoms with van der Waals surface area (Å²) in [4.78, 5) is 10.8. The summed E-state index contributed by atoms with van der Waals surface area (Å²) < 4.78 is 4.63. The fourth-order valence-electron chi connectivity index (χ4n) is 0.587. The van der Waals surface area contributed by atoms with Crippen LogP contribution < -0.4 is 5.73 Å². The molecule has 0 aromatic rings. The van der Waals surface area contributed by atoms with Crippen LogP contribution in [0.3, 0.4) is 0 Å². The maximum Gasteiger partial charge on any atom is 0.322 e. The highest BCUT2D eigenvalue weighted by atomic mass is 16.5. The average Bonchev–Trinajstić information content (AvgIpc) is 2.00. The van der Waals surface area contributed by atoms with Crippen LogP contribution in [0.1, 0.15) is 19.8 Å². The van der Waals surface area contributed by atoms with Crippen LogP contribution in [0.25, 0.3) is 0 Å². The van der Waals surface area contributed by atoms with Gasteiger partial charge in [0.15, 0.2) is 0 Å². The molecule has 0 spiro atoms. The van der Waals surface area contributed by atoms with Gasteiger partial charge in [0.2, 0.25) is 0 Å². The van der Waals surface area contributed by atoms with Gasteiger partial charge in [0.25, 0.3) is 0 Å². The van der Waals surface area contributed by atoms with E-state index in [4.69, 9.17) is 11.0 Å². The minimum atomic E-state index is -0.644. The number of hydrogen-bond donors (Lipinski definition) is 1. The molecule has 0 bridgehead atoms. The number of nitriles is 1. The second-order valence-electron chi connectivity index (χ2n) is 2.06. The Morgan fingerprint density at radius 2 is 2.45 bits per heavy atom. The van der Waals surface area contributed by atoms with Gasteiger partial charge in [-0.2, -0.15) is 5.26 Å². The van der Waals surface area contributed by atoms with Crippen LogP contribution in [0.2, 0.25) is 0 Å². The molecule has 0 saturated heterocycles. The Labute approximate surface area is 65.9 Å². The third kappa shape index (κ3) is 4.34. The van der Waals surface area contributed by atoms with E-state index in [1.54, 1.807) is 6.92 Å². The monoisotopic (exact) mass is 156 g/mol. The van der Waals surface area contributed by atoms with Crippen molar-refractivity contribution < 1.29 is 9.53 Å². The molecule has 4 nitrogen and oxygen atoms in total. The molecule has 0 fully saturated rings. The Morgan fingerprint density at radius 3 is 2.91 bits per heavy atom. The number of nitrogens with two attached hydrogens (primary N) is 1. The Bertz CT molecular complexity index is 162. The molecule has 11 heavy (non-hydrogen) atoms. The van der Waals surface area contributed by atoms with Gasteiger partial charge in [0, 0.05) is 6.42 Å². The maximum atomic E-state index is 10.8. The maximum absolute atomic E-state index is 10.8. The molecule has 0 aliphatic heterocycles. The standard InChI is InChI=1S/C7H12N2O2/c1-2-11-7(10)6(9)4-3-5-8/h6H,2-4,9H2,1H3. The van der Waals surface area contributed by atoms with Crippen LogP contribution >= 0.6 is 0 Å². The number of ether oxygens (including phenoxy) is 1. The largest absolute Gasteiger partial charge is 0.465 e. The normalized spacial score (nSPS) is 11.7. The van der Waals surface area contributed by atoms with Crippen molar-refractivity contribution in [2.45, 2.75) is 25.8 Å². The molecular weight excluding hydrogens is 144 g/mol. The molecule has 0 saturated carbocycles. The van der Waals surface area contributed by atoms with E-state index in [1.807, 2.05) is 6.07 Å². The molecule has 62 valence electrons. The number of esters is 1. The van der Waals surface area contributed by atoms with Gasteiger partial charge < -0.3 is 10.5 Å². The van der Waals surface area contributed by atoms with Crippen molar-refractivity contribution in [2.24, 2.45) is 5.73 Å². The van der Waals surface area contributed by atoms with E-state index in [2.05, 4.69) is 4.74 Å². The van der Waals surface area contributed by atoms with Crippen molar-refractivity contribution in [2.75, 3.05) is 6.61 Å². The van der Waals surface area contributed by atoms with Crippen molar-refractivity contribution in [1.29, 1.82) is 5.26 Å². The molecule has 4 heteroatoms. The molecule has 0 aromatic heterocycles. The van der Waals surface area contributed by atoms with E-state index >= 15 is 0 Å². The molecule has 0 heterocycles. The summed E-state index contributed by atoms with van der Waals surface area (Å²) in [7, 11) is 0. The van der Waals surface area contributed by atoms with E-state index in [0.29, 0.717) is 19.4 Å². The Balaban J connectivity index is 3.57. The van der Waals surface area contributed by atoms with Gasteiger partial charge in [-0.1, -0.05) is 0 Å². The van der Waals surface area contributed by atoms with Gasteiger partial charge in [0.1, 0.15) is 6.04 Å². The smallest absolute Gasteiger partial charge is 0.322 e. The van der Waals surface area contributed by atoms with E-state index in [-0.39, 0.29) is 0 Å². The van der Waals surface area contributed by atoms with E-state index in [0.717, 1.165) is 0 Å². The lowest BCUT2D eigenvalue weighted by atomic mass is 10.2. The summed E-state index contributed by atoms with van der Waals surface area (Å²) in [5.41, 5.74) is 5.36. The first kappa shape index (κ1) is 9.92. The summed E-state index contributed by atoms with van der Waals surface area (Å²) in [5, 5.41) is 8.17. The number of carbonyl (C=O) groups excluding carboxylic acids is 1. The summed E-state index contributed by atoms with van der Waals surface area (Å²) in [5.74, 6) is -0.428. The highest BCUT2D eigenvalue weighted by Gasteiger charge is 2.12. The lowest BCUT2D eigenvalue weighted by Gasteiger charge is -2.07. The van der Waals surface area contributed by atoms with Crippen LogP contribution in [-0.2, 0) is 9.53 Å². The fourth-order valence-corrected chi connectivity index (χ4v) is 0.587. The van der Waals surface area contributed by atoms with Crippen molar-refractivity contribution >= 4 is 5.97 Å². The lowest BCUT2D eigenvalue weighted by Crippen LogP contribution is -2.32. The molecule has 2 N–H and O–H groups in total. The van der Waals surface area contributed by atoms with Crippen LogP contribution in [0.4, 0.5) is 0 Å². The van der Waals surface area contributed by atoms with Crippen LogP contribution in [0.15, 0.2) is 0 Å². The molecule has 0 aliphatic carbocycles. The van der Waals surface area contributed by atoms with Gasteiger partial charge in [-0.15, -0.1) is 0 Å². The Kier molecular flexibility index (Phi) is 5.13. The third-order valence-corrected chi connectivity index (χ3v) is 1.16. The summed E-state index contributed by atoms with van der Waals surface area (Å²) in [6.07, 6.45) is 0.662. The predicted octanol–water partition coefficient (Wildman–Crippen LogP) is 0.181. The van der Waals surface area contributed by atoms with Crippen LogP contribution in [0, 0.1) is 11.3 Å². The first-order valence-electron chi connectivity index (χ1n) is 3.51. The van der Waals surface area contributed by atoms with Gasteiger partial charge in [0.05, 0.1) is 12.7 Å². The first-order valence-corrected chi connectivity index (χ1v) is 3.51. The van der Waals surface area contributed by atoms with Crippen LogP contribution in [0.5, 0.6) is 0 Å². The minimum absolute atomic E-state index is 0.292. The van der Waals surface area contributed by atoms with Crippen molar-refractivity contribution in [3.05, 3.63) is 0 Å². The van der Waals surface area contributed by atoms with Gasteiger partial charge in [-0.25, -0.2) is 0 Å². The van der Waals surface area contributed by atoms with E-state index in [1.165, 1.54) is 0 Å². The number of carbonyl (C=O) groups is 1. The second-order valence-corrected chi connectivity index (χ2v) is 2.06. The Morgan fingerprint density at radius 1 is 1.82 bits per heavy atom. The SMILES string of the molecule is CCOC(=O)C(N)CCC#N. The zero-order chi connectivity index (χ0) is 8.69. The highest BCUT2D eigenvalue weighted by Crippen LogP contribution is 1.95. The second kappa shape index (κ2) is 5.69. The summed E-state index contributed by atoms with van der Waals surface area (Å²) >= 11 is 0. The molecule has 0 aliphatic rings. The topological polar surface area (TPSA) is 76.1 Å². The molecule has 0 amide bonds. The van der Waals surface area contributed by atoms with E-state index in [9.17, 15) is 4.79 Å². The minimum Gasteiger partial charge on any atom is -0.465 e. The molecular formula is C7H12N2O2. The van der Waals surface area contributed by atoms with Gasteiger partial charge in [-0.05, 0) is 13.3 Å². The molecule has 0 radical (unpaired) electrons. The zero-order valence-corrected chi connectivity index (χ0v) is 6.54. The van der Waals surface area contributed by atoms with Crippen molar-refractivity contribution in [1.82, 2.24) is 0 Å². The lowest BCUT2D eigenvalue weighted by molar-refractivity contribution is -0.144. The fraction of sp³-hybridized carbons (Fsp3) is 0.714. The molecule has 0 rings (SSSR count). The molecule has 0 aromatic carbocycles. The number of rotatable bonds is 4. The van der Waals surface area contributed by atoms with Crippen molar-refractivity contribution in [3.8, 4) is 6.07 Å². The zero-order valence-electron chi connectivity index (χ0n) is 6.54. The summed E-state index contributed by atoms with van der Waals surface area (Å²) in [6, 6.07) is 1.26. The highest BCUT2D eigenvalue weighted by molar-refractivity contribution is 5.75. The molecule has 1 atom stereocenters. The predicted molar refractivity (Wildman–Crippen MR) is 39.5 cm³/mol. The molecule has 1 unspecified atom stereocenters. The van der Waals surface area contributed by atoms with Crippen molar-refractivity contribution in [3.63, 3.8) is 0 Å². The van der Waals surface area contributed by atoms with E-state index < -0.39 is 12.0 Å². The third-order valence-electron chi connectivity index (χ3n) is 1.16. The van der Waals surface area contributed by atoms with Crippen LogP contribution in [-0.4, -0.2) is 18.6 Å². The Hall–Kier alpha value is -1.08. The number of nitrogens with zero attached hydrogens (tertiary/aromatic N) is 1. The average molecular weight is 156 g/mol. The quantitative estimate of drug-likeness (QED) is 0.589. The number of hydrogen-bond acceptors (Lipinski definition) is 4. The summed E-state index contributed by atoms with van der Waals surface area (Å²) in [6.45, 7) is 2.05. The van der Waals surface area contributed by atoms with Gasteiger partial charge >= 0.3 is 5.97 Å².